The number of imidazole rings is 1. The van der Waals surface area contributed by atoms with Crippen LogP contribution in [0.2, 0.25) is 0 Å². The summed E-state index contributed by atoms with van der Waals surface area (Å²) in [5.74, 6) is 0.135. The van der Waals surface area contributed by atoms with Gasteiger partial charge in [0, 0.05) is 13.6 Å². The summed E-state index contributed by atoms with van der Waals surface area (Å²) in [6, 6.07) is 0. The molecule has 1 aliphatic carbocycles. The average molecular weight is 226 g/mol. The zero-order valence-corrected chi connectivity index (χ0v) is 9.01. The summed E-state index contributed by atoms with van der Waals surface area (Å²) in [5, 5.41) is 23.4. The number of hydrogen-bond acceptors (Lipinski definition) is 5. The van der Waals surface area contributed by atoms with Gasteiger partial charge < -0.3 is 20.5 Å². The van der Waals surface area contributed by atoms with Crippen molar-refractivity contribution in [3.05, 3.63) is 16.4 Å². The number of nitrogens with one attached hydrogen (secondary N) is 1. The van der Waals surface area contributed by atoms with Gasteiger partial charge in [0.05, 0.1) is 5.60 Å². The molecule has 1 aromatic heterocycles. The van der Waals surface area contributed by atoms with E-state index in [2.05, 4.69) is 10.3 Å². The van der Waals surface area contributed by atoms with Gasteiger partial charge in [-0.25, -0.2) is 0 Å². The van der Waals surface area contributed by atoms with Crippen molar-refractivity contribution in [1.82, 2.24) is 9.55 Å². The molecule has 0 bridgehead atoms. The lowest BCUT2D eigenvalue weighted by atomic mass is 9.80. The SMILES string of the molecule is Cn1cnc([N+](=O)[O-])c1NCC1(O)CCC1. The second-order valence-corrected chi connectivity index (χ2v) is 4.22. The Morgan fingerprint density at radius 1 is 1.75 bits per heavy atom. The highest BCUT2D eigenvalue weighted by atomic mass is 16.6. The smallest absolute Gasteiger partial charge is 0.388 e. The number of anilines is 1. The molecule has 1 aromatic rings. The Balaban J connectivity index is 2.08. The minimum absolute atomic E-state index is 0.203. The Hall–Kier alpha value is -1.63. The van der Waals surface area contributed by atoms with E-state index in [-0.39, 0.29) is 5.82 Å². The molecule has 1 fully saturated rings. The molecule has 0 atom stereocenters. The molecule has 0 aromatic carbocycles. The van der Waals surface area contributed by atoms with Crippen LogP contribution in [0.5, 0.6) is 0 Å². The molecular weight excluding hydrogens is 212 g/mol. The van der Waals surface area contributed by atoms with E-state index in [1.807, 2.05) is 0 Å². The molecular formula is C9H14N4O3. The number of aromatic nitrogens is 2. The third-order valence-corrected chi connectivity index (χ3v) is 2.96. The molecule has 88 valence electrons. The van der Waals surface area contributed by atoms with Crippen molar-refractivity contribution in [2.75, 3.05) is 11.9 Å². The van der Waals surface area contributed by atoms with E-state index >= 15 is 0 Å². The van der Waals surface area contributed by atoms with Crippen LogP contribution in [-0.4, -0.2) is 31.7 Å². The molecule has 7 heteroatoms. The first kappa shape index (κ1) is 10.9. The molecule has 2 N–H and O–H groups in total. The van der Waals surface area contributed by atoms with Crippen LogP contribution in [0.1, 0.15) is 19.3 Å². The molecule has 1 saturated carbocycles. The molecule has 0 spiro atoms. The molecule has 0 radical (unpaired) electrons. The molecule has 2 rings (SSSR count). The highest BCUT2D eigenvalue weighted by molar-refractivity contribution is 5.52. The lowest BCUT2D eigenvalue weighted by Crippen LogP contribution is -2.43. The molecule has 0 unspecified atom stereocenters. The Morgan fingerprint density at radius 3 is 2.94 bits per heavy atom. The molecule has 0 saturated heterocycles. The fourth-order valence-electron chi connectivity index (χ4n) is 1.77. The van der Waals surface area contributed by atoms with Crippen LogP contribution in [0.4, 0.5) is 11.6 Å². The third kappa shape index (κ3) is 1.85. The summed E-state index contributed by atoms with van der Waals surface area (Å²) in [5.41, 5.74) is -0.710. The summed E-state index contributed by atoms with van der Waals surface area (Å²) in [4.78, 5) is 13.8. The standard InChI is InChI=1S/C9H14N4O3/c1-12-6-11-8(13(15)16)7(12)10-5-9(14)3-2-4-9/h6,10,14H,2-5H2,1H3. The first-order chi connectivity index (χ1) is 7.52. The third-order valence-electron chi connectivity index (χ3n) is 2.96. The predicted octanol–water partition coefficient (Wildman–Crippen LogP) is 0.655. The quantitative estimate of drug-likeness (QED) is 0.581. The van der Waals surface area contributed by atoms with Crippen molar-refractivity contribution in [2.45, 2.75) is 24.9 Å². The zero-order chi connectivity index (χ0) is 11.8. The number of hydrogen-bond donors (Lipinski definition) is 2. The van der Waals surface area contributed by atoms with E-state index in [9.17, 15) is 15.2 Å². The summed E-state index contributed by atoms with van der Waals surface area (Å²) < 4.78 is 1.54. The number of aliphatic hydroxyl groups is 1. The van der Waals surface area contributed by atoms with Gasteiger partial charge in [0.2, 0.25) is 12.1 Å². The first-order valence-corrected chi connectivity index (χ1v) is 5.14. The van der Waals surface area contributed by atoms with E-state index in [1.54, 1.807) is 11.6 Å². The zero-order valence-electron chi connectivity index (χ0n) is 9.01. The highest BCUT2D eigenvalue weighted by Crippen LogP contribution is 2.32. The molecule has 7 nitrogen and oxygen atoms in total. The second kappa shape index (κ2) is 3.75. The van der Waals surface area contributed by atoms with E-state index in [4.69, 9.17) is 0 Å². The van der Waals surface area contributed by atoms with Gasteiger partial charge in [-0.2, -0.15) is 0 Å². The van der Waals surface area contributed by atoms with Crippen LogP contribution in [0.25, 0.3) is 0 Å². The van der Waals surface area contributed by atoms with Gasteiger partial charge >= 0.3 is 5.82 Å². The van der Waals surface area contributed by atoms with Crippen LogP contribution in [0.3, 0.4) is 0 Å². The van der Waals surface area contributed by atoms with Gasteiger partial charge in [-0.05, 0) is 29.2 Å². The Morgan fingerprint density at radius 2 is 2.44 bits per heavy atom. The molecule has 16 heavy (non-hydrogen) atoms. The molecule has 0 aliphatic heterocycles. The lowest BCUT2D eigenvalue weighted by molar-refractivity contribution is -0.388. The average Bonchev–Trinajstić information content (AvgIpc) is 2.54. The molecule has 1 aliphatic rings. The summed E-state index contributed by atoms with van der Waals surface area (Å²) >= 11 is 0. The largest absolute Gasteiger partial charge is 0.406 e. The predicted molar refractivity (Wildman–Crippen MR) is 57.2 cm³/mol. The fraction of sp³-hybridized carbons (Fsp3) is 0.667. The Bertz CT molecular complexity index is 411. The lowest BCUT2D eigenvalue weighted by Gasteiger charge is -2.36. The Kier molecular flexibility index (Phi) is 2.55. The number of rotatable bonds is 4. The van der Waals surface area contributed by atoms with Crippen molar-refractivity contribution in [3.8, 4) is 0 Å². The van der Waals surface area contributed by atoms with E-state index in [0.29, 0.717) is 12.4 Å². The first-order valence-electron chi connectivity index (χ1n) is 5.14. The maximum Gasteiger partial charge on any atom is 0.406 e. The number of aryl methyl sites for hydroxylation is 1. The summed E-state index contributed by atoms with van der Waals surface area (Å²) in [6.45, 7) is 0.327. The van der Waals surface area contributed by atoms with Crippen molar-refractivity contribution in [2.24, 2.45) is 7.05 Å². The van der Waals surface area contributed by atoms with Gasteiger partial charge in [-0.1, -0.05) is 0 Å². The molecule has 0 amide bonds. The highest BCUT2D eigenvalue weighted by Gasteiger charge is 2.35. The van der Waals surface area contributed by atoms with E-state index < -0.39 is 10.5 Å². The number of nitro groups is 1. The van der Waals surface area contributed by atoms with Crippen molar-refractivity contribution >= 4 is 11.6 Å². The van der Waals surface area contributed by atoms with Crippen LogP contribution in [-0.2, 0) is 7.05 Å². The van der Waals surface area contributed by atoms with E-state index in [1.165, 1.54) is 6.33 Å². The van der Waals surface area contributed by atoms with Gasteiger partial charge in [-0.15, -0.1) is 0 Å². The topological polar surface area (TPSA) is 93.2 Å². The van der Waals surface area contributed by atoms with Crippen molar-refractivity contribution in [3.63, 3.8) is 0 Å². The fourth-order valence-corrected chi connectivity index (χ4v) is 1.77. The van der Waals surface area contributed by atoms with Crippen LogP contribution >= 0.6 is 0 Å². The van der Waals surface area contributed by atoms with Crippen molar-refractivity contribution < 1.29 is 10.0 Å². The second-order valence-electron chi connectivity index (χ2n) is 4.22. The summed E-state index contributed by atoms with van der Waals surface area (Å²) in [6.07, 6.45) is 3.87. The monoisotopic (exact) mass is 226 g/mol. The van der Waals surface area contributed by atoms with Crippen LogP contribution in [0.15, 0.2) is 6.33 Å². The van der Waals surface area contributed by atoms with Gasteiger partial charge in [0.25, 0.3) is 0 Å². The van der Waals surface area contributed by atoms with Crippen LogP contribution in [0, 0.1) is 10.1 Å². The minimum Gasteiger partial charge on any atom is -0.388 e. The van der Waals surface area contributed by atoms with Gasteiger partial charge in [-0.3, -0.25) is 4.57 Å². The maximum absolute atomic E-state index is 10.7. The number of nitrogens with zero attached hydrogens (tertiary/aromatic N) is 3. The summed E-state index contributed by atoms with van der Waals surface area (Å²) in [7, 11) is 1.67. The van der Waals surface area contributed by atoms with Crippen molar-refractivity contribution in [1.29, 1.82) is 0 Å². The normalized spacial score (nSPS) is 17.9. The van der Waals surface area contributed by atoms with Gasteiger partial charge in [0.1, 0.15) is 0 Å². The minimum atomic E-state index is -0.710. The molecule has 1 heterocycles. The van der Waals surface area contributed by atoms with Gasteiger partial charge in [0.15, 0.2) is 0 Å². The maximum atomic E-state index is 10.7. The van der Waals surface area contributed by atoms with E-state index in [0.717, 1.165) is 19.3 Å². The van der Waals surface area contributed by atoms with Crippen LogP contribution < -0.4 is 5.32 Å². The Labute approximate surface area is 92.3 Å².